The number of hydrogen-bond acceptors (Lipinski definition) is 4. The molecule has 1 N–H and O–H groups in total. The summed E-state index contributed by atoms with van der Waals surface area (Å²) >= 11 is 0. The number of nitrogens with zero attached hydrogens (tertiary/aromatic N) is 1. The number of ether oxygens (including phenoxy) is 1. The zero-order valence-electron chi connectivity index (χ0n) is 19.6. The maximum atomic E-state index is 12.8. The number of aryl methyl sites for hydroxylation is 3. The van der Waals surface area contributed by atoms with Crippen molar-refractivity contribution in [3.8, 4) is 5.75 Å². The lowest BCUT2D eigenvalue weighted by atomic mass is 9.96. The summed E-state index contributed by atoms with van der Waals surface area (Å²) in [6, 6.07) is 18.9. The summed E-state index contributed by atoms with van der Waals surface area (Å²) in [7, 11) is -2.15. The van der Waals surface area contributed by atoms with E-state index < -0.39 is 10.0 Å². The van der Waals surface area contributed by atoms with Gasteiger partial charge < -0.3 is 10.1 Å². The third kappa shape index (κ3) is 5.73. The van der Waals surface area contributed by atoms with Gasteiger partial charge in [-0.25, -0.2) is 8.42 Å². The highest BCUT2D eigenvalue weighted by Gasteiger charge is 2.21. The van der Waals surface area contributed by atoms with Crippen molar-refractivity contribution in [3.05, 3.63) is 89.0 Å². The predicted octanol–water partition coefficient (Wildman–Crippen LogP) is 4.69. The van der Waals surface area contributed by atoms with Crippen molar-refractivity contribution < 1.29 is 17.9 Å². The zero-order chi connectivity index (χ0) is 24.2. The normalized spacial score (nSPS) is 12.2. The van der Waals surface area contributed by atoms with Gasteiger partial charge in [0.1, 0.15) is 5.75 Å². The number of carbonyl (C=O) groups is 1. The topological polar surface area (TPSA) is 75.7 Å². The molecule has 0 aliphatic heterocycles. The standard InChI is InChI=1S/C26H30N2O4S/c1-18-15-20(3)25(16-19(18)2)21(4)27-26(29)17-32-23-13-11-22(12-14-23)28(5)33(30,31)24-9-7-6-8-10-24/h6-16,21H,17H2,1-5H3,(H,27,29)/t21-/m0/s1. The van der Waals surface area contributed by atoms with Crippen molar-refractivity contribution in [3.63, 3.8) is 0 Å². The molecule has 0 aliphatic carbocycles. The molecule has 0 saturated carbocycles. The highest BCUT2D eigenvalue weighted by atomic mass is 32.2. The van der Waals surface area contributed by atoms with E-state index in [-0.39, 0.29) is 23.5 Å². The predicted molar refractivity (Wildman–Crippen MR) is 131 cm³/mol. The average Bonchev–Trinajstić information content (AvgIpc) is 2.80. The first-order valence-corrected chi connectivity index (χ1v) is 12.2. The van der Waals surface area contributed by atoms with Gasteiger partial charge in [-0.15, -0.1) is 0 Å². The summed E-state index contributed by atoms with van der Waals surface area (Å²) in [4.78, 5) is 12.6. The lowest BCUT2D eigenvalue weighted by molar-refractivity contribution is -0.123. The van der Waals surface area contributed by atoms with Gasteiger partial charge in [0.2, 0.25) is 0 Å². The number of amides is 1. The molecule has 0 fully saturated rings. The van der Waals surface area contributed by atoms with E-state index >= 15 is 0 Å². The van der Waals surface area contributed by atoms with Gasteiger partial charge >= 0.3 is 0 Å². The van der Waals surface area contributed by atoms with Crippen molar-refractivity contribution in [1.82, 2.24) is 5.32 Å². The molecule has 3 aromatic rings. The number of hydrogen-bond donors (Lipinski definition) is 1. The first-order valence-electron chi connectivity index (χ1n) is 10.7. The maximum absolute atomic E-state index is 12.8. The van der Waals surface area contributed by atoms with Crippen molar-refractivity contribution in [2.45, 2.75) is 38.6 Å². The molecule has 6 nitrogen and oxygen atoms in total. The Kier molecular flexibility index (Phi) is 7.43. The van der Waals surface area contributed by atoms with Gasteiger partial charge in [-0.05, 0) is 86.3 Å². The molecule has 3 aromatic carbocycles. The van der Waals surface area contributed by atoms with Crippen LogP contribution in [0.4, 0.5) is 5.69 Å². The van der Waals surface area contributed by atoms with Crippen LogP contribution in [0.15, 0.2) is 71.6 Å². The third-order valence-corrected chi connectivity index (χ3v) is 7.50. The van der Waals surface area contributed by atoms with Gasteiger partial charge in [0.15, 0.2) is 6.61 Å². The summed E-state index contributed by atoms with van der Waals surface area (Å²) in [5.41, 5.74) is 5.13. The molecule has 0 heterocycles. The van der Waals surface area contributed by atoms with Crippen LogP contribution in [0.2, 0.25) is 0 Å². The molecule has 3 rings (SSSR count). The molecule has 0 unspecified atom stereocenters. The highest BCUT2D eigenvalue weighted by molar-refractivity contribution is 7.92. The molecule has 0 aromatic heterocycles. The van der Waals surface area contributed by atoms with E-state index in [9.17, 15) is 13.2 Å². The quantitative estimate of drug-likeness (QED) is 0.522. The average molecular weight is 467 g/mol. The van der Waals surface area contributed by atoms with E-state index in [0.717, 1.165) is 11.1 Å². The van der Waals surface area contributed by atoms with Crippen molar-refractivity contribution in [2.24, 2.45) is 0 Å². The Labute approximate surface area is 196 Å². The van der Waals surface area contributed by atoms with Crippen LogP contribution in [-0.4, -0.2) is 28.0 Å². The molecular formula is C26H30N2O4S. The van der Waals surface area contributed by atoms with Crippen LogP contribution in [-0.2, 0) is 14.8 Å². The van der Waals surface area contributed by atoms with Crippen LogP contribution in [0, 0.1) is 20.8 Å². The molecule has 1 amide bonds. The van der Waals surface area contributed by atoms with E-state index in [4.69, 9.17) is 4.74 Å². The molecule has 0 bridgehead atoms. The molecule has 0 saturated heterocycles. The number of sulfonamides is 1. The maximum Gasteiger partial charge on any atom is 0.264 e. The van der Waals surface area contributed by atoms with Gasteiger partial charge in [0.25, 0.3) is 15.9 Å². The van der Waals surface area contributed by atoms with Gasteiger partial charge in [-0.3, -0.25) is 9.10 Å². The smallest absolute Gasteiger partial charge is 0.264 e. The number of nitrogens with one attached hydrogen (secondary N) is 1. The Balaban J connectivity index is 1.59. The monoisotopic (exact) mass is 466 g/mol. The van der Waals surface area contributed by atoms with Gasteiger partial charge in [0.05, 0.1) is 16.6 Å². The first-order chi connectivity index (χ1) is 15.6. The fraction of sp³-hybridized carbons (Fsp3) is 0.269. The minimum Gasteiger partial charge on any atom is -0.484 e. The Morgan fingerprint density at radius 1 is 0.939 bits per heavy atom. The van der Waals surface area contributed by atoms with E-state index in [1.54, 1.807) is 54.6 Å². The summed E-state index contributed by atoms with van der Waals surface area (Å²) in [6.07, 6.45) is 0. The largest absolute Gasteiger partial charge is 0.484 e. The highest BCUT2D eigenvalue weighted by Crippen LogP contribution is 2.25. The second-order valence-corrected chi connectivity index (χ2v) is 10.1. The van der Waals surface area contributed by atoms with E-state index in [1.165, 1.54) is 22.5 Å². The second-order valence-electron chi connectivity index (χ2n) is 8.15. The number of rotatable bonds is 8. The van der Waals surface area contributed by atoms with Gasteiger partial charge in [0, 0.05) is 7.05 Å². The van der Waals surface area contributed by atoms with Crippen LogP contribution in [0.5, 0.6) is 5.75 Å². The Bertz CT molecular complexity index is 1220. The van der Waals surface area contributed by atoms with E-state index in [1.807, 2.05) is 13.8 Å². The van der Waals surface area contributed by atoms with Crippen LogP contribution >= 0.6 is 0 Å². The Morgan fingerprint density at radius 2 is 1.55 bits per heavy atom. The summed E-state index contributed by atoms with van der Waals surface area (Å²) in [5, 5.41) is 2.97. The van der Waals surface area contributed by atoms with Crippen LogP contribution in [0.3, 0.4) is 0 Å². The molecule has 0 radical (unpaired) electrons. The fourth-order valence-electron chi connectivity index (χ4n) is 3.60. The fourth-order valence-corrected chi connectivity index (χ4v) is 4.82. The van der Waals surface area contributed by atoms with Crippen LogP contribution in [0.1, 0.15) is 35.2 Å². The molecule has 0 spiro atoms. The van der Waals surface area contributed by atoms with E-state index in [2.05, 4.69) is 31.3 Å². The SMILES string of the molecule is Cc1cc(C)c([C@H](C)NC(=O)COc2ccc(N(C)S(=O)(=O)c3ccccc3)cc2)cc1C. The number of anilines is 1. The van der Waals surface area contributed by atoms with Crippen molar-refractivity contribution >= 4 is 21.6 Å². The third-order valence-electron chi connectivity index (χ3n) is 5.70. The molecule has 0 aliphatic rings. The van der Waals surface area contributed by atoms with E-state index in [0.29, 0.717) is 11.4 Å². The van der Waals surface area contributed by atoms with Crippen molar-refractivity contribution in [2.75, 3.05) is 18.0 Å². The number of benzene rings is 3. The zero-order valence-corrected chi connectivity index (χ0v) is 20.4. The Hall–Kier alpha value is -3.32. The summed E-state index contributed by atoms with van der Waals surface area (Å²) in [6.45, 7) is 7.99. The second kappa shape index (κ2) is 10.1. The Morgan fingerprint density at radius 3 is 2.18 bits per heavy atom. The molecule has 174 valence electrons. The minimum atomic E-state index is -3.65. The lowest BCUT2D eigenvalue weighted by Gasteiger charge is -2.20. The van der Waals surface area contributed by atoms with Crippen molar-refractivity contribution in [1.29, 1.82) is 0 Å². The summed E-state index contributed by atoms with van der Waals surface area (Å²) < 4.78 is 32.3. The minimum absolute atomic E-state index is 0.133. The summed E-state index contributed by atoms with van der Waals surface area (Å²) in [5.74, 6) is 0.252. The molecule has 7 heteroatoms. The van der Waals surface area contributed by atoms with Crippen LogP contribution < -0.4 is 14.4 Å². The van der Waals surface area contributed by atoms with Gasteiger partial charge in [-0.1, -0.05) is 30.3 Å². The molecule has 1 atom stereocenters. The number of carbonyl (C=O) groups excluding carboxylic acids is 1. The lowest BCUT2D eigenvalue weighted by Crippen LogP contribution is -2.31. The molecular weight excluding hydrogens is 436 g/mol. The van der Waals surface area contributed by atoms with Crippen LogP contribution in [0.25, 0.3) is 0 Å². The van der Waals surface area contributed by atoms with Gasteiger partial charge in [-0.2, -0.15) is 0 Å². The first kappa shape index (κ1) is 24.3. The molecule has 33 heavy (non-hydrogen) atoms.